The summed E-state index contributed by atoms with van der Waals surface area (Å²) in [5.74, 6) is 1.02. The monoisotopic (exact) mass is 465 g/mol. The second-order valence-corrected chi connectivity index (χ2v) is 8.75. The minimum absolute atomic E-state index is 0.238. The van der Waals surface area contributed by atoms with Gasteiger partial charge in [0.1, 0.15) is 6.04 Å². The molecule has 8 heteroatoms. The first-order valence-electron chi connectivity index (χ1n) is 11.0. The van der Waals surface area contributed by atoms with E-state index in [2.05, 4.69) is 10.4 Å². The van der Waals surface area contributed by atoms with Gasteiger partial charge in [-0.1, -0.05) is 31.2 Å². The van der Waals surface area contributed by atoms with Gasteiger partial charge in [0.2, 0.25) is 5.91 Å². The molecule has 4 aromatic rings. The third kappa shape index (κ3) is 4.30. The molecule has 7 nitrogen and oxygen atoms in total. The molecule has 0 bridgehead atoms. The number of amides is 1. The first-order valence-corrected chi connectivity index (χ1v) is 11.8. The van der Waals surface area contributed by atoms with Crippen molar-refractivity contribution in [2.45, 2.75) is 39.8 Å². The second kappa shape index (κ2) is 9.62. The Morgan fingerprint density at radius 3 is 2.70 bits per heavy atom. The molecule has 0 radical (unpaired) electrons. The summed E-state index contributed by atoms with van der Waals surface area (Å²) in [7, 11) is 1.58. The number of ether oxygens (including phenoxy) is 2. The van der Waals surface area contributed by atoms with Gasteiger partial charge >= 0.3 is 0 Å². The minimum Gasteiger partial charge on any atom is -0.493 e. The van der Waals surface area contributed by atoms with E-state index in [9.17, 15) is 9.59 Å². The number of carbonyl (C=O) groups excluding carboxylic acids is 1. The van der Waals surface area contributed by atoms with E-state index in [0.717, 1.165) is 26.0 Å². The fourth-order valence-corrected chi connectivity index (χ4v) is 5.10. The highest BCUT2D eigenvalue weighted by Gasteiger charge is 2.24. The van der Waals surface area contributed by atoms with Gasteiger partial charge in [-0.15, -0.1) is 11.3 Å². The zero-order valence-corrected chi connectivity index (χ0v) is 20.0. The Morgan fingerprint density at radius 2 is 1.97 bits per heavy atom. The summed E-state index contributed by atoms with van der Waals surface area (Å²) >= 11 is 1.56. The predicted octanol–water partition coefficient (Wildman–Crippen LogP) is 4.59. The molecule has 1 atom stereocenters. The van der Waals surface area contributed by atoms with Crippen molar-refractivity contribution in [2.24, 2.45) is 0 Å². The van der Waals surface area contributed by atoms with E-state index < -0.39 is 6.04 Å². The molecule has 1 amide bonds. The zero-order chi connectivity index (χ0) is 23.5. The summed E-state index contributed by atoms with van der Waals surface area (Å²) < 4.78 is 14.2. The predicted molar refractivity (Wildman–Crippen MR) is 131 cm³/mol. The number of carbonyl (C=O) groups is 1. The maximum absolute atomic E-state index is 13.4. The summed E-state index contributed by atoms with van der Waals surface area (Å²) in [5.41, 5.74) is 1.38. The Hall–Kier alpha value is -3.39. The van der Waals surface area contributed by atoms with E-state index in [1.54, 1.807) is 18.4 Å². The number of fused-ring (bicyclic) bond motifs is 3. The Labute approximate surface area is 195 Å². The van der Waals surface area contributed by atoms with Crippen molar-refractivity contribution in [3.63, 3.8) is 0 Å². The van der Waals surface area contributed by atoms with E-state index in [0.29, 0.717) is 36.5 Å². The van der Waals surface area contributed by atoms with Crippen LogP contribution >= 0.6 is 11.3 Å². The van der Waals surface area contributed by atoms with Crippen molar-refractivity contribution in [1.29, 1.82) is 0 Å². The largest absolute Gasteiger partial charge is 0.493 e. The van der Waals surface area contributed by atoms with Crippen LogP contribution in [0.1, 0.15) is 37.6 Å². The van der Waals surface area contributed by atoms with Gasteiger partial charge in [-0.3, -0.25) is 9.59 Å². The van der Waals surface area contributed by atoms with Crippen molar-refractivity contribution < 1.29 is 14.3 Å². The van der Waals surface area contributed by atoms with Crippen molar-refractivity contribution in [3.8, 4) is 11.5 Å². The van der Waals surface area contributed by atoms with Gasteiger partial charge in [0.25, 0.3) is 5.56 Å². The number of thiophene rings is 1. The number of rotatable bonds is 8. The summed E-state index contributed by atoms with van der Waals surface area (Å²) in [4.78, 5) is 26.5. The van der Waals surface area contributed by atoms with Crippen LogP contribution in [0.3, 0.4) is 0 Å². The Morgan fingerprint density at radius 1 is 1.18 bits per heavy atom. The van der Waals surface area contributed by atoms with Gasteiger partial charge < -0.3 is 14.8 Å². The molecule has 2 aromatic carbocycles. The molecule has 2 heterocycles. The van der Waals surface area contributed by atoms with Crippen LogP contribution in [0.4, 0.5) is 0 Å². The lowest BCUT2D eigenvalue weighted by Crippen LogP contribution is -2.38. The van der Waals surface area contributed by atoms with Gasteiger partial charge in [-0.25, -0.2) is 4.68 Å². The van der Waals surface area contributed by atoms with Crippen molar-refractivity contribution in [1.82, 2.24) is 15.1 Å². The Bertz CT molecular complexity index is 1380. The van der Waals surface area contributed by atoms with E-state index in [1.807, 2.05) is 63.2 Å². The average molecular weight is 466 g/mol. The lowest BCUT2D eigenvalue weighted by atomic mass is 10.1. The number of hydrogen-bond donors (Lipinski definition) is 1. The number of aryl methyl sites for hydroxylation is 1. The van der Waals surface area contributed by atoms with Crippen LogP contribution in [0.5, 0.6) is 11.5 Å². The van der Waals surface area contributed by atoms with E-state index in [-0.39, 0.29) is 11.5 Å². The summed E-state index contributed by atoms with van der Waals surface area (Å²) in [6, 6.07) is 12.7. The minimum atomic E-state index is -0.705. The SMILES string of the molecule is CCOc1ccc(CNC(=O)[C@@H](CC)n2nc(C)c3sc4ccccc4c3c2=O)cc1OC. The maximum atomic E-state index is 13.4. The van der Waals surface area contributed by atoms with Gasteiger partial charge in [0.15, 0.2) is 11.5 Å². The van der Waals surface area contributed by atoms with Crippen LogP contribution in [0.15, 0.2) is 47.3 Å². The molecular formula is C25H27N3O4S. The number of benzene rings is 2. The zero-order valence-electron chi connectivity index (χ0n) is 19.2. The molecule has 0 fully saturated rings. The fraction of sp³-hybridized carbons (Fsp3) is 0.320. The lowest BCUT2D eigenvalue weighted by molar-refractivity contribution is -0.125. The molecule has 33 heavy (non-hydrogen) atoms. The molecule has 1 N–H and O–H groups in total. The third-order valence-corrected chi connectivity index (χ3v) is 6.86. The van der Waals surface area contributed by atoms with E-state index in [1.165, 1.54) is 4.68 Å². The number of nitrogens with one attached hydrogen (secondary N) is 1. The van der Waals surface area contributed by atoms with Crippen LogP contribution < -0.4 is 20.3 Å². The number of nitrogens with zero attached hydrogens (tertiary/aromatic N) is 2. The molecule has 0 saturated heterocycles. The van der Waals surface area contributed by atoms with Crippen molar-refractivity contribution in [3.05, 3.63) is 64.1 Å². The molecule has 0 spiro atoms. The van der Waals surface area contributed by atoms with Crippen LogP contribution in [0.2, 0.25) is 0 Å². The maximum Gasteiger partial charge on any atom is 0.276 e. The summed E-state index contributed by atoms with van der Waals surface area (Å²) in [6.45, 7) is 6.51. The van der Waals surface area contributed by atoms with E-state index >= 15 is 0 Å². The molecule has 0 unspecified atom stereocenters. The molecule has 4 rings (SSSR count). The Kier molecular flexibility index (Phi) is 6.65. The van der Waals surface area contributed by atoms with Crippen LogP contribution in [-0.4, -0.2) is 29.4 Å². The van der Waals surface area contributed by atoms with Gasteiger partial charge in [0, 0.05) is 16.6 Å². The molecule has 0 aliphatic rings. The fourth-order valence-electron chi connectivity index (χ4n) is 3.96. The van der Waals surface area contributed by atoms with Gasteiger partial charge in [-0.2, -0.15) is 5.10 Å². The highest BCUT2D eigenvalue weighted by Crippen LogP contribution is 2.33. The summed E-state index contributed by atoms with van der Waals surface area (Å²) in [5, 5.41) is 9.00. The highest BCUT2D eigenvalue weighted by molar-refractivity contribution is 7.26. The highest BCUT2D eigenvalue weighted by atomic mass is 32.1. The standard InChI is InChI=1S/C25H27N3O4S/c1-5-18(24(29)26-14-16-11-12-19(32-6-2)20(13-16)31-4)28-25(30)22-17-9-7-8-10-21(17)33-23(22)15(3)27-28/h7-13,18H,5-6,14H2,1-4H3,(H,26,29)/t18-/m1/s1. The first-order chi connectivity index (χ1) is 16.0. The van der Waals surface area contributed by atoms with Gasteiger partial charge in [0.05, 0.1) is 29.5 Å². The van der Waals surface area contributed by atoms with Gasteiger partial charge in [-0.05, 0) is 44.0 Å². The quantitative estimate of drug-likeness (QED) is 0.411. The van der Waals surface area contributed by atoms with Crippen LogP contribution in [0.25, 0.3) is 20.2 Å². The van der Waals surface area contributed by atoms with Crippen LogP contribution in [-0.2, 0) is 11.3 Å². The lowest BCUT2D eigenvalue weighted by Gasteiger charge is -2.18. The first kappa shape index (κ1) is 22.8. The van der Waals surface area contributed by atoms with Crippen molar-refractivity contribution in [2.75, 3.05) is 13.7 Å². The smallest absolute Gasteiger partial charge is 0.276 e. The summed E-state index contributed by atoms with van der Waals surface area (Å²) in [6.07, 6.45) is 0.443. The Balaban J connectivity index is 1.62. The van der Waals surface area contributed by atoms with Crippen LogP contribution in [0, 0.1) is 6.92 Å². The van der Waals surface area contributed by atoms with E-state index in [4.69, 9.17) is 9.47 Å². The number of hydrogen-bond acceptors (Lipinski definition) is 6. The molecule has 0 aliphatic heterocycles. The normalized spacial score (nSPS) is 12.1. The third-order valence-electron chi connectivity index (χ3n) is 5.58. The molecule has 0 aliphatic carbocycles. The number of aromatic nitrogens is 2. The topological polar surface area (TPSA) is 82.5 Å². The second-order valence-electron chi connectivity index (χ2n) is 7.70. The molecular weight excluding hydrogens is 438 g/mol. The van der Waals surface area contributed by atoms with Crippen molar-refractivity contribution >= 4 is 37.4 Å². The molecule has 0 saturated carbocycles. The average Bonchev–Trinajstić information content (AvgIpc) is 3.22. The molecule has 2 aromatic heterocycles. The number of methoxy groups -OCH3 is 1. The molecule has 172 valence electrons.